The quantitative estimate of drug-likeness (QED) is 0.508. The minimum Gasteiger partial charge on any atom is -0.481 e. The zero-order chi connectivity index (χ0) is 25.6. The average molecular weight is 502 g/mol. The van der Waals surface area contributed by atoms with Gasteiger partial charge in [-0.1, -0.05) is 35.9 Å². The average Bonchev–Trinajstić information content (AvgIpc) is 2.79. The van der Waals surface area contributed by atoms with Crippen LogP contribution in [0.5, 0.6) is 0 Å². The van der Waals surface area contributed by atoms with E-state index >= 15 is 0 Å². The summed E-state index contributed by atoms with van der Waals surface area (Å²) >= 11 is 5.89. The monoisotopic (exact) mass is 501 g/mol. The van der Waals surface area contributed by atoms with Crippen LogP contribution in [0.15, 0.2) is 48.5 Å². The van der Waals surface area contributed by atoms with Crippen LogP contribution in [-0.2, 0) is 16.0 Å². The summed E-state index contributed by atoms with van der Waals surface area (Å²) in [4.78, 5) is 38.5. The van der Waals surface area contributed by atoms with Gasteiger partial charge in [0.2, 0.25) is 0 Å². The Morgan fingerprint density at radius 2 is 1.86 bits per heavy atom. The Bertz CT molecular complexity index is 1050. The van der Waals surface area contributed by atoms with Crippen LogP contribution in [0.3, 0.4) is 0 Å². The molecule has 0 radical (unpaired) electrons. The van der Waals surface area contributed by atoms with Crippen LogP contribution in [0.1, 0.15) is 44.2 Å². The summed E-state index contributed by atoms with van der Waals surface area (Å²) in [5.41, 5.74) is 1.71. The number of urea groups is 1. The molecule has 2 aromatic carbocycles. The number of rotatable bonds is 6. The van der Waals surface area contributed by atoms with Gasteiger partial charge >= 0.3 is 18.1 Å². The molecule has 3 amide bonds. The molecule has 35 heavy (non-hydrogen) atoms. The van der Waals surface area contributed by atoms with Crippen molar-refractivity contribution in [2.24, 2.45) is 5.92 Å². The van der Waals surface area contributed by atoms with E-state index in [9.17, 15) is 19.5 Å². The van der Waals surface area contributed by atoms with Gasteiger partial charge in [0.15, 0.2) is 0 Å². The van der Waals surface area contributed by atoms with Crippen molar-refractivity contribution in [3.05, 3.63) is 64.7 Å². The molecule has 3 N–H and O–H groups in total. The second kappa shape index (κ2) is 11.4. The number of amides is 3. The van der Waals surface area contributed by atoms with E-state index < -0.39 is 29.5 Å². The van der Waals surface area contributed by atoms with Crippen molar-refractivity contribution in [2.75, 3.05) is 25.0 Å². The van der Waals surface area contributed by atoms with Crippen molar-refractivity contribution in [1.29, 1.82) is 0 Å². The highest BCUT2D eigenvalue weighted by Gasteiger charge is 2.38. The first-order chi connectivity index (χ1) is 16.5. The fraction of sp³-hybridized carbons (Fsp3) is 0.423. The van der Waals surface area contributed by atoms with Crippen LogP contribution in [0.25, 0.3) is 0 Å². The second-order valence-corrected chi connectivity index (χ2v) is 10.1. The van der Waals surface area contributed by atoms with E-state index in [4.69, 9.17) is 16.3 Å². The number of carbonyl (C=O) groups excluding carboxylic acids is 2. The van der Waals surface area contributed by atoms with E-state index in [2.05, 4.69) is 10.6 Å². The lowest BCUT2D eigenvalue weighted by molar-refractivity contribution is -0.144. The number of likely N-dealkylation sites (tertiary alicyclic amines) is 1. The summed E-state index contributed by atoms with van der Waals surface area (Å²) in [5, 5.41) is 16.1. The predicted molar refractivity (Wildman–Crippen MR) is 135 cm³/mol. The van der Waals surface area contributed by atoms with E-state index in [0.29, 0.717) is 36.6 Å². The van der Waals surface area contributed by atoms with E-state index in [1.54, 1.807) is 43.9 Å². The van der Waals surface area contributed by atoms with Crippen molar-refractivity contribution >= 4 is 35.4 Å². The van der Waals surface area contributed by atoms with Gasteiger partial charge < -0.3 is 25.4 Å². The van der Waals surface area contributed by atoms with Crippen LogP contribution < -0.4 is 10.6 Å². The maximum Gasteiger partial charge on any atom is 0.410 e. The zero-order valence-electron chi connectivity index (χ0n) is 20.2. The van der Waals surface area contributed by atoms with E-state index in [-0.39, 0.29) is 12.6 Å². The number of piperidine rings is 1. The highest BCUT2D eigenvalue weighted by atomic mass is 35.5. The number of anilines is 1. The third-order valence-electron chi connectivity index (χ3n) is 5.77. The number of benzene rings is 2. The molecule has 1 saturated heterocycles. The van der Waals surface area contributed by atoms with Gasteiger partial charge in [-0.3, -0.25) is 4.79 Å². The fourth-order valence-corrected chi connectivity index (χ4v) is 4.20. The number of halogens is 1. The van der Waals surface area contributed by atoms with Gasteiger partial charge in [0.1, 0.15) is 5.60 Å². The largest absolute Gasteiger partial charge is 0.481 e. The first kappa shape index (κ1) is 26.3. The Balaban J connectivity index is 1.64. The predicted octanol–water partition coefficient (Wildman–Crippen LogP) is 5.13. The third kappa shape index (κ3) is 7.89. The molecule has 0 aromatic heterocycles. The maximum atomic E-state index is 12.6. The molecule has 1 aliphatic rings. The fourth-order valence-electron chi connectivity index (χ4n) is 4.07. The van der Waals surface area contributed by atoms with Crippen molar-refractivity contribution in [1.82, 2.24) is 10.2 Å². The van der Waals surface area contributed by atoms with Crippen molar-refractivity contribution in [3.8, 4) is 0 Å². The lowest BCUT2D eigenvalue weighted by Gasteiger charge is -2.37. The Morgan fingerprint density at radius 1 is 1.14 bits per heavy atom. The lowest BCUT2D eigenvalue weighted by Crippen LogP contribution is -2.46. The van der Waals surface area contributed by atoms with Crippen LogP contribution in [0.2, 0.25) is 5.02 Å². The molecule has 9 heteroatoms. The standard InChI is InChI=1S/C26H32ClN3O5/c1-26(2,3)35-25(34)30-14-12-21(23(31)32)22(16-30)18-5-4-6-20(15-18)29-24(33)28-13-11-17-7-9-19(27)10-8-17/h4-10,15,21-22H,11-14,16H2,1-3H3,(H,31,32)(H2,28,29,33). The Labute approximate surface area is 210 Å². The molecule has 2 aromatic rings. The summed E-state index contributed by atoms with van der Waals surface area (Å²) < 4.78 is 5.48. The molecule has 2 atom stereocenters. The van der Waals surface area contributed by atoms with Crippen LogP contribution in [0, 0.1) is 5.92 Å². The summed E-state index contributed by atoms with van der Waals surface area (Å²) in [5.74, 6) is -1.97. The van der Waals surface area contributed by atoms with Crippen molar-refractivity contribution < 1.29 is 24.2 Å². The van der Waals surface area contributed by atoms with Crippen LogP contribution in [0.4, 0.5) is 15.3 Å². The number of carbonyl (C=O) groups is 3. The molecule has 0 saturated carbocycles. The number of ether oxygens (including phenoxy) is 1. The molecular formula is C26H32ClN3O5. The van der Waals surface area contributed by atoms with Crippen molar-refractivity contribution in [3.63, 3.8) is 0 Å². The number of aliphatic carboxylic acids is 1. The minimum absolute atomic E-state index is 0.225. The molecule has 3 rings (SSSR count). The van der Waals surface area contributed by atoms with Crippen LogP contribution >= 0.6 is 11.6 Å². The summed E-state index contributed by atoms with van der Waals surface area (Å²) in [7, 11) is 0. The Morgan fingerprint density at radius 3 is 2.51 bits per heavy atom. The molecule has 0 aliphatic carbocycles. The van der Waals surface area contributed by atoms with Gasteiger partial charge in [-0.05, 0) is 69.0 Å². The lowest BCUT2D eigenvalue weighted by atomic mass is 9.80. The molecule has 188 valence electrons. The number of hydrogen-bond acceptors (Lipinski definition) is 4. The Kier molecular flexibility index (Phi) is 8.62. The van der Waals surface area contributed by atoms with Gasteiger partial charge in [0.05, 0.1) is 5.92 Å². The first-order valence-corrected chi connectivity index (χ1v) is 12.0. The normalized spacial score (nSPS) is 18.0. The third-order valence-corrected chi connectivity index (χ3v) is 6.02. The maximum absolute atomic E-state index is 12.6. The highest BCUT2D eigenvalue weighted by molar-refractivity contribution is 6.30. The minimum atomic E-state index is -0.905. The Hall–Kier alpha value is -3.26. The molecule has 0 spiro atoms. The molecular weight excluding hydrogens is 470 g/mol. The SMILES string of the molecule is CC(C)(C)OC(=O)N1CCC(C(=O)O)C(c2cccc(NC(=O)NCCc3ccc(Cl)cc3)c2)C1. The van der Waals surface area contributed by atoms with E-state index in [0.717, 1.165) is 11.1 Å². The number of nitrogens with zero attached hydrogens (tertiary/aromatic N) is 1. The molecule has 8 nitrogen and oxygen atoms in total. The number of hydrogen-bond donors (Lipinski definition) is 3. The molecule has 0 bridgehead atoms. The first-order valence-electron chi connectivity index (χ1n) is 11.6. The van der Waals surface area contributed by atoms with Gasteiger partial charge in [-0.15, -0.1) is 0 Å². The molecule has 2 unspecified atom stereocenters. The molecule has 1 aliphatic heterocycles. The summed E-state index contributed by atoms with van der Waals surface area (Å²) in [6.45, 7) is 6.37. The van der Waals surface area contributed by atoms with Crippen LogP contribution in [-0.4, -0.2) is 53.3 Å². The van der Waals surface area contributed by atoms with E-state index in [1.807, 2.05) is 30.3 Å². The molecule has 1 fully saturated rings. The van der Waals surface area contributed by atoms with Crippen molar-refractivity contribution in [2.45, 2.75) is 45.1 Å². The number of carboxylic acid groups (broad SMARTS) is 1. The van der Waals surface area contributed by atoms with E-state index in [1.165, 1.54) is 0 Å². The summed E-state index contributed by atoms with van der Waals surface area (Å²) in [6, 6.07) is 14.2. The highest BCUT2D eigenvalue weighted by Crippen LogP contribution is 2.34. The zero-order valence-corrected chi connectivity index (χ0v) is 21.0. The molecule has 1 heterocycles. The summed E-state index contributed by atoms with van der Waals surface area (Å²) in [6.07, 6.45) is 0.524. The van der Waals surface area contributed by atoms with Gasteiger partial charge in [-0.2, -0.15) is 0 Å². The van der Waals surface area contributed by atoms with Gasteiger partial charge in [-0.25, -0.2) is 9.59 Å². The number of nitrogens with one attached hydrogen (secondary N) is 2. The second-order valence-electron chi connectivity index (χ2n) is 9.65. The smallest absolute Gasteiger partial charge is 0.410 e. The number of carboxylic acids is 1. The topological polar surface area (TPSA) is 108 Å². The van der Waals surface area contributed by atoms with Gasteiger partial charge in [0.25, 0.3) is 0 Å². The van der Waals surface area contributed by atoms with Gasteiger partial charge in [0, 0.05) is 36.3 Å².